The van der Waals surface area contributed by atoms with Gasteiger partial charge in [-0.3, -0.25) is 0 Å². The smallest absolute Gasteiger partial charge is 0.0717 e. The van der Waals surface area contributed by atoms with Gasteiger partial charge in [-0.1, -0.05) is 18.2 Å². The van der Waals surface area contributed by atoms with Crippen molar-refractivity contribution in [2.75, 3.05) is 0 Å². The highest BCUT2D eigenvalue weighted by Gasteiger charge is 2.40. The molecular formula is C13H19NO. The molecule has 3 N–H and O–H groups in total. The highest BCUT2D eigenvalue weighted by Crippen LogP contribution is 2.34. The van der Waals surface area contributed by atoms with Crippen LogP contribution in [0.5, 0.6) is 0 Å². The van der Waals surface area contributed by atoms with Crippen LogP contribution in [0, 0.1) is 13.8 Å². The topological polar surface area (TPSA) is 46.2 Å². The third-order valence-corrected chi connectivity index (χ3v) is 3.39. The number of aliphatic hydroxyl groups is 1. The highest BCUT2D eigenvalue weighted by atomic mass is 16.3. The fourth-order valence-electron chi connectivity index (χ4n) is 2.35. The summed E-state index contributed by atoms with van der Waals surface area (Å²) >= 11 is 0. The van der Waals surface area contributed by atoms with Crippen LogP contribution in [-0.4, -0.2) is 16.7 Å². The highest BCUT2D eigenvalue weighted by molar-refractivity contribution is 5.31. The second kappa shape index (κ2) is 3.62. The first kappa shape index (κ1) is 10.7. The number of hydrogen-bond acceptors (Lipinski definition) is 2. The molecule has 1 saturated carbocycles. The van der Waals surface area contributed by atoms with Crippen LogP contribution < -0.4 is 5.73 Å². The van der Waals surface area contributed by atoms with Crippen LogP contribution in [0.4, 0.5) is 0 Å². The monoisotopic (exact) mass is 205 g/mol. The fourth-order valence-corrected chi connectivity index (χ4v) is 2.35. The number of hydrogen-bond donors (Lipinski definition) is 2. The normalized spacial score (nSPS) is 30.0. The van der Waals surface area contributed by atoms with Crippen molar-refractivity contribution in [2.45, 2.75) is 44.8 Å². The predicted octanol–water partition coefficient (Wildman–Crippen LogP) is 1.70. The maximum Gasteiger partial charge on any atom is 0.0717 e. The predicted molar refractivity (Wildman–Crippen MR) is 61.8 cm³/mol. The minimum atomic E-state index is -0.541. The van der Waals surface area contributed by atoms with E-state index in [1.54, 1.807) is 0 Å². The van der Waals surface area contributed by atoms with Crippen LogP contribution in [0.15, 0.2) is 18.2 Å². The Morgan fingerprint density at radius 1 is 1.33 bits per heavy atom. The molecule has 0 saturated heterocycles. The lowest BCUT2D eigenvalue weighted by atomic mass is 9.72. The molecule has 1 fully saturated rings. The summed E-state index contributed by atoms with van der Waals surface area (Å²) in [6.45, 7) is 4.21. The lowest BCUT2D eigenvalue weighted by Gasteiger charge is -2.42. The molecule has 0 unspecified atom stereocenters. The van der Waals surface area contributed by atoms with Crippen LogP contribution in [-0.2, 0) is 6.42 Å². The largest absolute Gasteiger partial charge is 0.389 e. The third kappa shape index (κ3) is 2.21. The molecule has 2 nitrogen and oxygen atoms in total. The average Bonchev–Trinajstić information content (AvgIpc) is 2.09. The number of nitrogens with two attached hydrogens (primary N) is 1. The van der Waals surface area contributed by atoms with E-state index in [0.29, 0.717) is 0 Å². The summed E-state index contributed by atoms with van der Waals surface area (Å²) in [5, 5.41) is 10.1. The molecular weight excluding hydrogens is 186 g/mol. The first-order valence-electron chi connectivity index (χ1n) is 5.53. The summed E-state index contributed by atoms with van der Waals surface area (Å²) in [5.74, 6) is 0. The van der Waals surface area contributed by atoms with Gasteiger partial charge in [-0.2, -0.15) is 0 Å². The quantitative estimate of drug-likeness (QED) is 0.772. The molecule has 0 spiro atoms. The Morgan fingerprint density at radius 2 is 2.00 bits per heavy atom. The Balaban J connectivity index is 2.08. The van der Waals surface area contributed by atoms with Crippen LogP contribution in [0.1, 0.15) is 29.5 Å². The molecule has 0 aromatic heterocycles. The van der Waals surface area contributed by atoms with Crippen molar-refractivity contribution in [3.05, 3.63) is 34.9 Å². The Labute approximate surface area is 91.1 Å². The summed E-state index contributed by atoms with van der Waals surface area (Å²) < 4.78 is 0. The number of aryl methyl sites for hydroxylation is 2. The summed E-state index contributed by atoms with van der Waals surface area (Å²) in [7, 11) is 0. The average molecular weight is 205 g/mol. The second-order valence-corrected chi connectivity index (χ2v) is 4.99. The maximum absolute atomic E-state index is 10.1. The van der Waals surface area contributed by atoms with Gasteiger partial charge in [0.05, 0.1) is 5.60 Å². The fraction of sp³-hybridized carbons (Fsp3) is 0.538. The molecule has 1 aromatic rings. The number of rotatable bonds is 2. The zero-order chi connectivity index (χ0) is 11.1. The van der Waals surface area contributed by atoms with E-state index in [0.717, 1.165) is 19.3 Å². The zero-order valence-electron chi connectivity index (χ0n) is 9.46. The standard InChI is InChI=1S/C13H19NO/c1-9-3-4-11(5-10(9)2)6-13(15)7-12(14)8-13/h3-5,12,15H,6-8,14H2,1-2H3. The van der Waals surface area contributed by atoms with E-state index in [1.165, 1.54) is 16.7 Å². The summed E-state index contributed by atoms with van der Waals surface area (Å²) in [4.78, 5) is 0. The molecule has 15 heavy (non-hydrogen) atoms. The molecule has 1 aliphatic carbocycles. The van der Waals surface area contributed by atoms with Crippen molar-refractivity contribution >= 4 is 0 Å². The zero-order valence-corrected chi connectivity index (χ0v) is 9.46. The number of benzene rings is 1. The van der Waals surface area contributed by atoms with E-state index < -0.39 is 5.60 Å². The van der Waals surface area contributed by atoms with Gasteiger partial charge in [0.15, 0.2) is 0 Å². The minimum Gasteiger partial charge on any atom is -0.389 e. The Hall–Kier alpha value is -0.860. The van der Waals surface area contributed by atoms with Gasteiger partial charge in [-0.15, -0.1) is 0 Å². The van der Waals surface area contributed by atoms with E-state index in [4.69, 9.17) is 5.73 Å². The Kier molecular flexibility index (Phi) is 2.57. The van der Waals surface area contributed by atoms with Gasteiger partial charge >= 0.3 is 0 Å². The van der Waals surface area contributed by atoms with Crippen molar-refractivity contribution < 1.29 is 5.11 Å². The first-order chi connectivity index (χ1) is 6.98. The van der Waals surface area contributed by atoms with Crippen molar-refractivity contribution in [1.29, 1.82) is 0 Å². The Bertz CT molecular complexity index is 367. The third-order valence-electron chi connectivity index (χ3n) is 3.39. The molecule has 0 aliphatic heterocycles. The SMILES string of the molecule is Cc1ccc(CC2(O)CC(N)C2)cc1C. The van der Waals surface area contributed by atoms with Crippen molar-refractivity contribution in [3.63, 3.8) is 0 Å². The lowest BCUT2D eigenvalue weighted by Crippen LogP contribution is -2.52. The Morgan fingerprint density at radius 3 is 2.53 bits per heavy atom. The van der Waals surface area contributed by atoms with E-state index in [9.17, 15) is 5.11 Å². The van der Waals surface area contributed by atoms with Gasteiger partial charge in [-0.25, -0.2) is 0 Å². The van der Waals surface area contributed by atoms with Gasteiger partial charge in [0.1, 0.15) is 0 Å². The van der Waals surface area contributed by atoms with Gasteiger partial charge in [-0.05, 0) is 43.4 Å². The van der Waals surface area contributed by atoms with E-state index in [2.05, 4.69) is 32.0 Å². The maximum atomic E-state index is 10.1. The molecule has 2 rings (SSSR count). The van der Waals surface area contributed by atoms with E-state index in [-0.39, 0.29) is 6.04 Å². The van der Waals surface area contributed by atoms with Gasteiger partial charge < -0.3 is 10.8 Å². The van der Waals surface area contributed by atoms with Crippen molar-refractivity contribution in [3.8, 4) is 0 Å². The van der Waals surface area contributed by atoms with Crippen LogP contribution >= 0.6 is 0 Å². The molecule has 0 atom stereocenters. The molecule has 0 heterocycles. The minimum absolute atomic E-state index is 0.196. The summed E-state index contributed by atoms with van der Waals surface area (Å²) in [6.07, 6.45) is 2.21. The van der Waals surface area contributed by atoms with Crippen LogP contribution in [0.3, 0.4) is 0 Å². The van der Waals surface area contributed by atoms with Gasteiger partial charge in [0.2, 0.25) is 0 Å². The second-order valence-electron chi connectivity index (χ2n) is 4.99. The van der Waals surface area contributed by atoms with E-state index >= 15 is 0 Å². The van der Waals surface area contributed by atoms with E-state index in [1.807, 2.05) is 0 Å². The first-order valence-corrected chi connectivity index (χ1v) is 5.53. The van der Waals surface area contributed by atoms with Gasteiger partial charge in [0.25, 0.3) is 0 Å². The molecule has 82 valence electrons. The lowest BCUT2D eigenvalue weighted by molar-refractivity contribution is -0.0455. The molecule has 0 bridgehead atoms. The summed E-state index contributed by atoms with van der Waals surface area (Å²) in [6, 6.07) is 6.58. The van der Waals surface area contributed by atoms with Gasteiger partial charge in [0, 0.05) is 12.5 Å². The molecule has 1 aliphatic rings. The van der Waals surface area contributed by atoms with Crippen LogP contribution in [0.25, 0.3) is 0 Å². The summed E-state index contributed by atoms with van der Waals surface area (Å²) in [5.41, 5.74) is 8.97. The van der Waals surface area contributed by atoms with Crippen molar-refractivity contribution in [2.24, 2.45) is 5.73 Å². The molecule has 0 radical (unpaired) electrons. The molecule has 0 amide bonds. The molecule has 2 heteroatoms. The van der Waals surface area contributed by atoms with Crippen molar-refractivity contribution in [1.82, 2.24) is 0 Å². The molecule has 1 aromatic carbocycles. The van der Waals surface area contributed by atoms with Crippen LogP contribution in [0.2, 0.25) is 0 Å².